The third-order valence-corrected chi connectivity index (χ3v) is 5.90. The van der Waals surface area contributed by atoms with Crippen molar-refractivity contribution >= 4 is 29.3 Å². The number of amides is 1. The molecule has 160 valence electrons. The van der Waals surface area contributed by atoms with Crippen LogP contribution in [-0.4, -0.2) is 33.5 Å². The van der Waals surface area contributed by atoms with Gasteiger partial charge in [0.2, 0.25) is 11.1 Å². The molecule has 8 heteroatoms. The van der Waals surface area contributed by atoms with E-state index in [4.69, 9.17) is 9.84 Å². The van der Waals surface area contributed by atoms with E-state index in [0.717, 1.165) is 34.0 Å². The van der Waals surface area contributed by atoms with Crippen LogP contribution in [-0.2, 0) is 4.79 Å². The standard InChI is InChI=1S/C23H25N5O2S/c1-5-31-23-26-22-24-15(3)19(21(29)25-18-9-7-6-8-14(18)2)20(28(22)27-23)16-10-12-17(30-4)13-11-16/h6-13,20H,5H2,1-4H3,(H,25,29)(H,24,26,27). The molecule has 2 heterocycles. The number of carbonyl (C=O) groups is 1. The second kappa shape index (κ2) is 8.85. The van der Waals surface area contributed by atoms with E-state index in [1.807, 2.05) is 62.4 Å². The van der Waals surface area contributed by atoms with Gasteiger partial charge in [-0.25, -0.2) is 4.68 Å². The number of methoxy groups -OCH3 is 1. The van der Waals surface area contributed by atoms with Crippen molar-refractivity contribution in [3.63, 3.8) is 0 Å². The largest absolute Gasteiger partial charge is 0.497 e. The molecule has 2 N–H and O–H groups in total. The summed E-state index contributed by atoms with van der Waals surface area (Å²) in [6, 6.07) is 15.0. The molecule has 0 spiro atoms. The van der Waals surface area contributed by atoms with Crippen LogP contribution in [0.1, 0.15) is 31.0 Å². The van der Waals surface area contributed by atoms with Gasteiger partial charge < -0.3 is 15.4 Å². The van der Waals surface area contributed by atoms with Crippen molar-refractivity contribution in [3.05, 3.63) is 70.9 Å². The summed E-state index contributed by atoms with van der Waals surface area (Å²) in [5.41, 5.74) is 4.06. The predicted octanol–water partition coefficient (Wildman–Crippen LogP) is 4.63. The average Bonchev–Trinajstić information content (AvgIpc) is 3.16. The van der Waals surface area contributed by atoms with Crippen LogP contribution in [0, 0.1) is 6.92 Å². The summed E-state index contributed by atoms with van der Waals surface area (Å²) in [5, 5.41) is 11.7. The van der Waals surface area contributed by atoms with Crippen LogP contribution in [0.5, 0.6) is 5.75 Å². The predicted molar refractivity (Wildman–Crippen MR) is 124 cm³/mol. The SMILES string of the molecule is CCSc1nc2n(n1)C(c1ccc(OC)cc1)C(C(=O)Nc1ccccc1C)=C(C)N2. The van der Waals surface area contributed by atoms with Gasteiger partial charge in [0.25, 0.3) is 5.91 Å². The Morgan fingerprint density at radius 2 is 1.94 bits per heavy atom. The van der Waals surface area contributed by atoms with E-state index in [-0.39, 0.29) is 5.91 Å². The van der Waals surface area contributed by atoms with Gasteiger partial charge in [0.15, 0.2) is 0 Å². The molecule has 0 bridgehead atoms. The van der Waals surface area contributed by atoms with Crippen molar-refractivity contribution in [2.24, 2.45) is 0 Å². The summed E-state index contributed by atoms with van der Waals surface area (Å²) >= 11 is 1.57. The fraction of sp³-hybridized carbons (Fsp3) is 0.261. The maximum absolute atomic E-state index is 13.5. The van der Waals surface area contributed by atoms with Crippen LogP contribution in [0.2, 0.25) is 0 Å². The number of nitrogens with one attached hydrogen (secondary N) is 2. The Balaban J connectivity index is 1.78. The molecule has 0 radical (unpaired) electrons. The van der Waals surface area contributed by atoms with E-state index in [1.165, 1.54) is 0 Å². The van der Waals surface area contributed by atoms with E-state index in [9.17, 15) is 4.79 Å². The fourth-order valence-electron chi connectivity index (χ4n) is 3.61. The van der Waals surface area contributed by atoms with E-state index < -0.39 is 6.04 Å². The van der Waals surface area contributed by atoms with E-state index in [1.54, 1.807) is 23.6 Å². The van der Waals surface area contributed by atoms with Gasteiger partial charge >= 0.3 is 0 Å². The summed E-state index contributed by atoms with van der Waals surface area (Å²) in [6.07, 6.45) is 0. The first-order valence-electron chi connectivity index (χ1n) is 10.1. The smallest absolute Gasteiger partial charge is 0.255 e. The zero-order valence-electron chi connectivity index (χ0n) is 18.0. The number of thioether (sulfide) groups is 1. The molecule has 1 amide bonds. The van der Waals surface area contributed by atoms with Crippen LogP contribution in [0.15, 0.2) is 65.0 Å². The molecule has 0 fully saturated rings. The molecule has 1 aromatic heterocycles. The summed E-state index contributed by atoms with van der Waals surface area (Å²) in [5.74, 6) is 2.07. The third kappa shape index (κ3) is 4.16. The lowest BCUT2D eigenvalue weighted by molar-refractivity contribution is -0.113. The third-order valence-electron chi connectivity index (χ3n) is 5.18. The summed E-state index contributed by atoms with van der Waals surface area (Å²) < 4.78 is 7.10. The Morgan fingerprint density at radius 3 is 2.61 bits per heavy atom. The Labute approximate surface area is 185 Å². The number of hydrogen-bond donors (Lipinski definition) is 2. The van der Waals surface area contributed by atoms with Gasteiger partial charge in [-0.05, 0) is 48.9 Å². The van der Waals surface area contributed by atoms with Crippen LogP contribution >= 0.6 is 11.8 Å². The van der Waals surface area contributed by atoms with Gasteiger partial charge in [0, 0.05) is 11.4 Å². The van der Waals surface area contributed by atoms with E-state index in [2.05, 4.69) is 22.5 Å². The zero-order chi connectivity index (χ0) is 22.0. The lowest BCUT2D eigenvalue weighted by atomic mass is 9.95. The monoisotopic (exact) mass is 435 g/mol. The van der Waals surface area contributed by atoms with Gasteiger partial charge in [0.1, 0.15) is 11.8 Å². The summed E-state index contributed by atoms with van der Waals surface area (Å²) in [4.78, 5) is 18.1. The molecule has 31 heavy (non-hydrogen) atoms. The number of ether oxygens (including phenoxy) is 1. The van der Waals surface area contributed by atoms with Crippen molar-refractivity contribution in [2.45, 2.75) is 32.0 Å². The molecular weight excluding hydrogens is 410 g/mol. The van der Waals surface area contributed by atoms with Crippen molar-refractivity contribution in [2.75, 3.05) is 23.5 Å². The second-order valence-electron chi connectivity index (χ2n) is 7.20. The number of aromatic nitrogens is 3. The van der Waals surface area contributed by atoms with Crippen molar-refractivity contribution in [1.82, 2.24) is 14.8 Å². The van der Waals surface area contributed by atoms with Crippen molar-refractivity contribution < 1.29 is 9.53 Å². The number of benzene rings is 2. The molecule has 2 aromatic carbocycles. The number of fused-ring (bicyclic) bond motifs is 1. The molecule has 4 rings (SSSR count). The van der Waals surface area contributed by atoms with E-state index >= 15 is 0 Å². The highest BCUT2D eigenvalue weighted by Crippen LogP contribution is 2.37. The Kier molecular flexibility index (Phi) is 5.99. The maximum atomic E-state index is 13.5. The number of para-hydroxylation sites is 1. The summed E-state index contributed by atoms with van der Waals surface area (Å²) in [6.45, 7) is 5.93. The highest BCUT2D eigenvalue weighted by molar-refractivity contribution is 7.99. The minimum atomic E-state index is -0.412. The van der Waals surface area contributed by atoms with Gasteiger partial charge in [-0.2, -0.15) is 4.98 Å². The quantitative estimate of drug-likeness (QED) is 0.549. The lowest BCUT2D eigenvalue weighted by Gasteiger charge is -2.29. The van der Waals surface area contributed by atoms with Gasteiger partial charge in [0.05, 0.1) is 12.7 Å². The topological polar surface area (TPSA) is 81.1 Å². The first kappa shape index (κ1) is 21.0. The number of anilines is 2. The Hall–Kier alpha value is -3.26. The molecule has 1 aliphatic rings. The first-order chi connectivity index (χ1) is 15.0. The van der Waals surface area contributed by atoms with Crippen LogP contribution < -0.4 is 15.4 Å². The molecule has 7 nitrogen and oxygen atoms in total. The number of nitrogens with zero attached hydrogens (tertiary/aromatic N) is 3. The number of aryl methyl sites for hydroxylation is 1. The molecular formula is C23H25N5O2S. The van der Waals surface area contributed by atoms with E-state index in [0.29, 0.717) is 16.7 Å². The minimum Gasteiger partial charge on any atom is -0.497 e. The average molecular weight is 436 g/mol. The van der Waals surface area contributed by atoms with Crippen LogP contribution in [0.4, 0.5) is 11.6 Å². The first-order valence-corrected chi connectivity index (χ1v) is 11.1. The maximum Gasteiger partial charge on any atom is 0.255 e. The zero-order valence-corrected chi connectivity index (χ0v) is 18.8. The van der Waals surface area contributed by atoms with Gasteiger partial charge in [-0.1, -0.05) is 49.0 Å². The Bertz CT molecular complexity index is 1140. The fourth-order valence-corrected chi connectivity index (χ4v) is 4.17. The second-order valence-corrected chi connectivity index (χ2v) is 8.44. The summed E-state index contributed by atoms with van der Waals surface area (Å²) in [7, 11) is 1.63. The van der Waals surface area contributed by atoms with Crippen LogP contribution in [0.25, 0.3) is 0 Å². The molecule has 0 aliphatic carbocycles. The van der Waals surface area contributed by atoms with Gasteiger partial charge in [-0.3, -0.25) is 4.79 Å². The molecule has 1 unspecified atom stereocenters. The lowest BCUT2D eigenvalue weighted by Crippen LogP contribution is -2.31. The van der Waals surface area contributed by atoms with Crippen molar-refractivity contribution in [3.8, 4) is 5.75 Å². The Morgan fingerprint density at radius 1 is 1.19 bits per heavy atom. The van der Waals surface area contributed by atoms with Gasteiger partial charge in [-0.15, -0.1) is 5.10 Å². The number of carbonyl (C=O) groups excluding carboxylic acids is 1. The number of rotatable bonds is 6. The molecule has 0 saturated heterocycles. The molecule has 1 atom stereocenters. The molecule has 3 aromatic rings. The number of allylic oxidation sites excluding steroid dienone is 1. The van der Waals surface area contributed by atoms with Crippen molar-refractivity contribution in [1.29, 1.82) is 0 Å². The number of hydrogen-bond acceptors (Lipinski definition) is 6. The van der Waals surface area contributed by atoms with Crippen LogP contribution in [0.3, 0.4) is 0 Å². The molecule has 1 aliphatic heterocycles. The molecule has 0 saturated carbocycles. The normalized spacial score (nSPS) is 15.3. The highest BCUT2D eigenvalue weighted by atomic mass is 32.2. The minimum absolute atomic E-state index is 0.175. The highest BCUT2D eigenvalue weighted by Gasteiger charge is 2.34.